The molecule has 1 aromatic rings. The van der Waals surface area contributed by atoms with Crippen molar-refractivity contribution in [3.63, 3.8) is 0 Å². The first-order valence-corrected chi connectivity index (χ1v) is 7.19. The number of halogens is 2. The van der Waals surface area contributed by atoms with E-state index in [-0.39, 0.29) is 0 Å². The summed E-state index contributed by atoms with van der Waals surface area (Å²) in [7, 11) is 4.19. The summed E-state index contributed by atoms with van der Waals surface area (Å²) < 4.78 is 0. The molecule has 1 aliphatic heterocycles. The van der Waals surface area contributed by atoms with Crippen molar-refractivity contribution in [1.82, 2.24) is 10.2 Å². The van der Waals surface area contributed by atoms with Crippen molar-refractivity contribution in [2.24, 2.45) is 5.92 Å². The number of hydrogen-bond acceptors (Lipinski definition) is 2. The molecule has 1 aliphatic rings. The summed E-state index contributed by atoms with van der Waals surface area (Å²) in [5.74, 6) is 0.604. The predicted molar refractivity (Wildman–Crippen MR) is 78.5 cm³/mol. The summed E-state index contributed by atoms with van der Waals surface area (Å²) in [6.45, 7) is 2.15. The maximum absolute atomic E-state index is 6.36. The van der Waals surface area contributed by atoms with Gasteiger partial charge >= 0.3 is 0 Å². The largest absolute Gasteiger partial charge is 0.319 e. The number of nitrogens with one attached hydrogen (secondary N) is 1. The first kappa shape index (κ1) is 14.1. The minimum atomic E-state index is 0.385. The van der Waals surface area contributed by atoms with Crippen molar-refractivity contribution in [2.75, 3.05) is 27.2 Å². The van der Waals surface area contributed by atoms with Gasteiger partial charge in [0.2, 0.25) is 0 Å². The maximum atomic E-state index is 6.36. The molecule has 2 unspecified atom stereocenters. The highest BCUT2D eigenvalue weighted by Gasteiger charge is 2.31. The molecule has 1 aromatic carbocycles. The van der Waals surface area contributed by atoms with Gasteiger partial charge in [0.05, 0.1) is 0 Å². The molecule has 0 radical (unpaired) electrons. The van der Waals surface area contributed by atoms with E-state index in [2.05, 4.69) is 23.3 Å². The van der Waals surface area contributed by atoms with Crippen molar-refractivity contribution >= 4 is 23.2 Å². The van der Waals surface area contributed by atoms with Crippen LogP contribution in [0.4, 0.5) is 0 Å². The second kappa shape index (κ2) is 6.25. The Kier molecular flexibility index (Phi) is 4.91. The summed E-state index contributed by atoms with van der Waals surface area (Å²) in [4.78, 5) is 2.40. The van der Waals surface area contributed by atoms with Gasteiger partial charge in [0, 0.05) is 16.1 Å². The zero-order valence-electron chi connectivity index (χ0n) is 10.9. The molecule has 1 N–H and O–H groups in total. The Labute approximate surface area is 119 Å². The molecule has 2 rings (SSSR count). The second-order valence-electron chi connectivity index (χ2n) is 5.05. The molecule has 2 nitrogen and oxygen atoms in total. The molecule has 4 heteroatoms. The standard InChI is InChI=1S/C14H20Cl2N2/c1-17-9-10-4-3-7-18(2)14(10)12-6-5-11(15)8-13(12)16/h5-6,8,10,14,17H,3-4,7,9H2,1-2H3. The lowest BCUT2D eigenvalue weighted by Gasteiger charge is -2.40. The van der Waals surface area contributed by atoms with Crippen LogP contribution in [0.5, 0.6) is 0 Å². The van der Waals surface area contributed by atoms with Crippen molar-refractivity contribution in [1.29, 1.82) is 0 Å². The molecule has 0 aliphatic carbocycles. The third-order valence-corrected chi connectivity index (χ3v) is 4.32. The number of rotatable bonds is 3. The van der Waals surface area contributed by atoms with Crippen molar-refractivity contribution in [3.05, 3.63) is 33.8 Å². The van der Waals surface area contributed by atoms with Crippen molar-refractivity contribution < 1.29 is 0 Å². The molecule has 0 bridgehead atoms. The van der Waals surface area contributed by atoms with Gasteiger partial charge in [-0.25, -0.2) is 0 Å². The third-order valence-electron chi connectivity index (χ3n) is 3.75. The van der Waals surface area contributed by atoms with Gasteiger partial charge in [-0.05, 0) is 63.6 Å². The van der Waals surface area contributed by atoms with Gasteiger partial charge in [0.1, 0.15) is 0 Å². The summed E-state index contributed by atoms with van der Waals surface area (Å²) in [6, 6.07) is 6.23. The lowest BCUT2D eigenvalue weighted by atomic mass is 9.85. The molecule has 18 heavy (non-hydrogen) atoms. The topological polar surface area (TPSA) is 15.3 Å². The average Bonchev–Trinajstić information content (AvgIpc) is 2.31. The van der Waals surface area contributed by atoms with Crippen molar-refractivity contribution in [3.8, 4) is 0 Å². The summed E-state index contributed by atoms with van der Waals surface area (Å²) in [5.41, 5.74) is 1.20. The molecule has 1 heterocycles. The fraction of sp³-hybridized carbons (Fsp3) is 0.571. The Bertz CT molecular complexity index is 407. The Morgan fingerprint density at radius 1 is 1.39 bits per heavy atom. The third kappa shape index (κ3) is 3.00. The van der Waals surface area contributed by atoms with Crippen LogP contribution in [0.2, 0.25) is 10.0 Å². The summed E-state index contributed by atoms with van der Waals surface area (Å²) in [6.07, 6.45) is 2.50. The van der Waals surface area contributed by atoms with Gasteiger partial charge in [-0.1, -0.05) is 29.3 Å². The first-order chi connectivity index (χ1) is 8.63. The molecule has 1 saturated heterocycles. The van der Waals surface area contributed by atoms with E-state index in [1.54, 1.807) is 0 Å². The highest BCUT2D eigenvalue weighted by atomic mass is 35.5. The van der Waals surface area contributed by atoms with Crippen molar-refractivity contribution in [2.45, 2.75) is 18.9 Å². The van der Waals surface area contributed by atoms with Crippen LogP contribution in [0, 0.1) is 5.92 Å². The molecular weight excluding hydrogens is 267 g/mol. The van der Waals surface area contributed by atoms with Crippen LogP contribution in [0.3, 0.4) is 0 Å². The minimum absolute atomic E-state index is 0.385. The van der Waals surface area contributed by atoms with E-state index in [0.29, 0.717) is 17.0 Å². The Morgan fingerprint density at radius 3 is 2.83 bits per heavy atom. The van der Waals surface area contributed by atoms with Crippen LogP contribution >= 0.6 is 23.2 Å². The number of likely N-dealkylation sites (tertiary alicyclic amines) is 1. The van der Waals surface area contributed by atoms with E-state index in [1.807, 2.05) is 19.2 Å². The molecule has 0 saturated carbocycles. The lowest BCUT2D eigenvalue weighted by Crippen LogP contribution is -2.40. The molecule has 2 atom stereocenters. The Morgan fingerprint density at radius 2 is 2.17 bits per heavy atom. The zero-order chi connectivity index (χ0) is 13.1. The van der Waals surface area contributed by atoms with Crippen LogP contribution in [-0.4, -0.2) is 32.1 Å². The Hall–Kier alpha value is -0.280. The van der Waals surface area contributed by atoms with E-state index in [1.165, 1.54) is 18.4 Å². The van der Waals surface area contributed by atoms with Gasteiger partial charge in [0.25, 0.3) is 0 Å². The normalized spacial score (nSPS) is 25.3. The van der Waals surface area contributed by atoms with E-state index in [4.69, 9.17) is 23.2 Å². The van der Waals surface area contributed by atoms with Gasteiger partial charge in [-0.15, -0.1) is 0 Å². The zero-order valence-corrected chi connectivity index (χ0v) is 12.4. The second-order valence-corrected chi connectivity index (χ2v) is 5.89. The number of nitrogens with zero attached hydrogens (tertiary/aromatic N) is 1. The summed E-state index contributed by atoms with van der Waals surface area (Å²) in [5, 5.41) is 4.77. The average molecular weight is 287 g/mol. The van der Waals surface area contributed by atoms with Crippen LogP contribution in [0.25, 0.3) is 0 Å². The van der Waals surface area contributed by atoms with Gasteiger partial charge in [-0.2, -0.15) is 0 Å². The number of benzene rings is 1. The lowest BCUT2D eigenvalue weighted by molar-refractivity contribution is 0.121. The highest BCUT2D eigenvalue weighted by molar-refractivity contribution is 6.35. The van der Waals surface area contributed by atoms with Gasteiger partial charge in [-0.3, -0.25) is 4.90 Å². The molecule has 1 fully saturated rings. The van der Waals surface area contributed by atoms with Crippen LogP contribution < -0.4 is 5.32 Å². The minimum Gasteiger partial charge on any atom is -0.319 e. The van der Waals surface area contributed by atoms with E-state index >= 15 is 0 Å². The molecule has 0 aromatic heterocycles. The highest BCUT2D eigenvalue weighted by Crippen LogP contribution is 2.38. The first-order valence-electron chi connectivity index (χ1n) is 6.43. The maximum Gasteiger partial charge on any atom is 0.0468 e. The van der Waals surface area contributed by atoms with Crippen LogP contribution in [0.1, 0.15) is 24.4 Å². The van der Waals surface area contributed by atoms with E-state index in [0.717, 1.165) is 18.1 Å². The van der Waals surface area contributed by atoms with Gasteiger partial charge in [0.15, 0.2) is 0 Å². The fourth-order valence-corrected chi connectivity index (χ4v) is 3.49. The van der Waals surface area contributed by atoms with Gasteiger partial charge < -0.3 is 5.32 Å². The van der Waals surface area contributed by atoms with Crippen LogP contribution in [-0.2, 0) is 0 Å². The molecule has 0 spiro atoms. The fourth-order valence-electron chi connectivity index (χ4n) is 2.97. The van der Waals surface area contributed by atoms with Crippen LogP contribution in [0.15, 0.2) is 18.2 Å². The smallest absolute Gasteiger partial charge is 0.0468 e. The number of hydrogen-bond donors (Lipinski definition) is 1. The van der Waals surface area contributed by atoms with E-state index in [9.17, 15) is 0 Å². The monoisotopic (exact) mass is 286 g/mol. The quantitative estimate of drug-likeness (QED) is 0.914. The molecular formula is C14H20Cl2N2. The Balaban J connectivity index is 2.31. The molecule has 100 valence electrons. The predicted octanol–water partition coefficient (Wildman–Crippen LogP) is 3.60. The number of piperidine rings is 1. The molecule has 0 amide bonds. The summed E-state index contributed by atoms with van der Waals surface area (Å²) >= 11 is 12.3. The van der Waals surface area contributed by atoms with E-state index < -0.39 is 0 Å². The SMILES string of the molecule is CNCC1CCCN(C)C1c1ccc(Cl)cc1Cl.